The highest BCUT2D eigenvalue weighted by molar-refractivity contribution is 5.94. The lowest BCUT2D eigenvalue weighted by molar-refractivity contribution is -0.124. The maximum absolute atomic E-state index is 11.8. The summed E-state index contributed by atoms with van der Waals surface area (Å²) in [6, 6.07) is 10.6. The summed E-state index contributed by atoms with van der Waals surface area (Å²) in [4.78, 5) is 15.8. The number of aliphatic hydroxyl groups excluding tert-OH is 1. The van der Waals surface area contributed by atoms with Crippen molar-refractivity contribution in [3.8, 4) is 0 Å². The minimum absolute atomic E-state index is 0.464. The highest BCUT2D eigenvalue weighted by Crippen LogP contribution is 2.15. The monoisotopic (exact) mass is 242 g/mol. The molecule has 0 spiro atoms. The van der Waals surface area contributed by atoms with Gasteiger partial charge in [-0.05, 0) is 24.1 Å². The Hall–Kier alpha value is -2.20. The van der Waals surface area contributed by atoms with E-state index < -0.39 is 12.0 Å². The van der Waals surface area contributed by atoms with E-state index >= 15 is 0 Å². The fourth-order valence-corrected chi connectivity index (χ4v) is 1.62. The Morgan fingerprint density at radius 3 is 2.67 bits per heavy atom. The van der Waals surface area contributed by atoms with Gasteiger partial charge in [-0.1, -0.05) is 30.3 Å². The van der Waals surface area contributed by atoms with Gasteiger partial charge in [-0.2, -0.15) is 0 Å². The van der Waals surface area contributed by atoms with Crippen LogP contribution in [0.5, 0.6) is 0 Å². The fraction of sp³-hybridized carbons (Fsp3) is 0.143. The average Bonchev–Trinajstić information content (AvgIpc) is 2.39. The van der Waals surface area contributed by atoms with Crippen LogP contribution in [-0.4, -0.2) is 16.0 Å². The summed E-state index contributed by atoms with van der Waals surface area (Å²) in [5, 5.41) is 12.5. The molecule has 0 saturated heterocycles. The van der Waals surface area contributed by atoms with E-state index in [0.29, 0.717) is 11.3 Å². The van der Waals surface area contributed by atoms with Gasteiger partial charge in [0.2, 0.25) is 0 Å². The first-order valence-electron chi connectivity index (χ1n) is 5.62. The quantitative estimate of drug-likeness (QED) is 0.866. The fourth-order valence-electron chi connectivity index (χ4n) is 1.62. The number of rotatable bonds is 3. The molecule has 0 saturated carbocycles. The van der Waals surface area contributed by atoms with Gasteiger partial charge in [-0.3, -0.25) is 9.78 Å². The van der Waals surface area contributed by atoms with Crippen LogP contribution < -0.4 is 5.32 Å². The molecule has 0 fully saturated rings. The Balaban J connectivity index is 2.09. The number of aliphatic hydroxyl groups is 1. The summed E-state index contributed by atoms with van der Waals surface area (Å²) in [6.07, 6.45) is 2.07. The number of aromatic nitrogens is 1. The standard InChI is InChI=1S/C14H14N2O2/c1-10-7-12(9-15-8-10)16-14(18)13(17)11-5-3-2-4-6-11/h2-9,13,17H,1H3,(H,16,18). The first kappa shape index (κ1) is 12.3. The van der Waals surface area contributed by atoms with Gasteiger partial charge in [0.1, 0.15) is 0 Å². The number of aryl methyl sites for hydroxylation is 1. The molecule has 0 radical (unpaired) electrons. The van der Waals surface area contributed by atoms with Gasteiger partial charge < -0.3 is 10.4 Å². The van der Waals surface area contributed by atoms with E-state index in [1.54, 1.807) is 42.7 Å². The summed E-state index contributed by atoms with van der Waals surface area (Å²) < 4.78 is 0. The van der Waals surface area contributed by atoms with E-state index in [0.717, 1.165) is 5.56 Å². The van der Waals surface area contributed by atoms with Gasteiger partial charge in [-0.25, -0.2) is 0 Å². The lowest BCUT2D eigenvalue weighted by Crippen LogP contribution is -2.20. The molecule has 1 unspecified atom stereocenters. The third-order valence-electron chi connectivity index (χ3n) is 2.51. The molecule has 1 amide bonds. The molecule has 1 aromatic heterocycles. The number of carbonyl (C=O) groups is 1. The Morgan fingerprint density at radius 2 is 2.00 bits per heavy atom. The zero-order chi connectivity index (χ0) is 13.0. The maximum atomic E-state index is 11.8. The van der Waals surface area contributed by atoms with Crippen molar-refractivity contribution in [2.24, 2.45) is 0 Å². The van der Waals surface area contributed by atoms with E-state index in [4.69, 9.17) is 0 Å². The van der Waals surface area contributed by atoms with Crippen LogP contribution in [0.3, 0.4) is 0 Å². The molecule has 1 heterocycles. The molecule has 2 rings (SSSR count). The second-order valence-corrected chi connectivity index (χ2v) is 4.05. The summed E-state index contributed by atoms with van der Waals surface area (Å²) in [7, 11) is 0. The largest absolute Gasteiger partial charge is 0.378 e. The number of amides is 1. The summed E-state index contributed by atoms with van der Waals surface area (Å²) >= 11 is 0. The highest BCUT2D eigenvalue weighted by Gasteiger charge is 2.16. The lowest BCUT2D eigenvalue weighted by atomic mass is 10.1. The Kier molecular flexibility index (Phi) is 3.69. The minimum Gasteiger partial charge on any atom is -0.378 e. The zero-order valence-corrected chi connectivity index (χ0v) is 10.00. The number of anilines is 1. The zero-order valence-electron chi connectivity index (χ0n) is 10.00. The van der Waals surface area contributed by atoms with Crippen LogP contribution in [0.2, 0.25) is 0 Å². The second kappa shape index (κ2) is 5.42. The molecule has 2 aromatic rings. The lowest BCUT2D eigenvalue weighted by Gasteiger charge is -2.11. The molecule has 0 aliphatic rings. The van der Waals surface area contributed by atoms with E-state index in [2.05, 4.69) is 10.3 Å². The molecule has 4 heteroatoms. The molecule has 1 atom stereocenters. The normalized spacial score (nSPS) is 11.9. The number of hydrogen-bond acceptors (Lipinski definition) is 3. The smallest absolute Gasteiger partial charge is 0.257 e. The summed E-state index contributed by atoms with van der Waals surface area (Å²) in [6.45, 7) is 1.89. The van der Waals surface area contributed by atoms with E-state index in [-0.39, 0.29) is 0 Å². The van der Waals surface area contributed by atoms with Crippen LogP contribution in [0, 0.1) is 6.92 Å². The average molecular weight is 242 g/mol. The molecule has 0 aliphatic heterocycles. The summed E-state index contributed by atoms with van der Waals surface area (Å²) in [5.41, 5.74) is 2.09. The van der Waals surface area contributed by atoms with Gasteiger partial charge >= 0.3 is 0 Å². The van der Waals surface area contributed by atoms with Crippen LogP contribution >= 0.6 is 0 Å². The van der Waals surface area contributed by atoms with Crippen molar-refractivity contribution < 1.29 is 9.90 Å². The molecule has 2 N–H and O–H groups in total. The third kappa shape index (κ3) is 2.93. The molecule has 0 aliphatic carbocycles. The molecule has 18 heavy (non-hydrogen) atoms. The number of pyridine rings is 1. The molecule has 92 valence electrons. The van der Waals surface area contributed by atoms with Crippen LogP contribution in [0.15, 0.2) is 48.8 Å². The Morgan fingerprint density at radius 1 is 1.28 bits per heavy atom. The molecular formula is C14H14N2O2. The molecule has 0 bridgehead atoms. The topological polar surface area (TPSA) is 62.2 Å². The predicted octanol–water partition coefficient (Wildman–Crippen LogP) is 2.06. The van der Waals surface area contributed by atoms with Gasteiger partial charge in [0.05, 0.1) is 11.9 Å². The van der Waals surface area contributed by atoms with Crippen LogP contribution in [0.25, 0.3) is 0 Å². The second-order valence-electron chi connectivity index (χ2n) is 4.05. The van der Waals surface area contributed by atoms with E-state index in [1.165, 1.54) is 0 Å². The van der Waals surface area contributed by atoms with Crippen LogP contribution in [0.1, 0.15) is 17.2 Å². The SMILES string of the molecule is Cc1cncc(NC(=O)C(O)c2ccccc2)c1. The van der Waals surface area contributed by atoms with Gasteiger partial charge in [-0.15, -0.1) is 0 Å². The minimum atomic E-state index is -1.17. The molecule has 1 aromatic carbocycles. The van der Waals surface area contributed by atoms with E-state index in [9.17, 15) is 9.90 Å². The maximum Gasteiger partial charge on any atom is 0.257 e. The highest BCUT2D eigenvalue weighted by atomic mass is 16.3. The Labute approximate surface area is 105 Å². The molecular weight excluding hydrogens is 228 g/mol. The van der Waals surface area contributed by atoms with Crippen molar-refractivity contribution in [1.82, 2.24) is 4.98 Å². The van der Waals surface area contributed by atoms with E-state index in [1.807, 2.05) is 13.0 Å². The van der Waals surface area contributed by atoms with Crippen molar-refractivity contribution in [2.75, 3.05) is 5.32 Å². The van der Waals surface area contributed by atoms with Crippen molar-refractivity contribution in [1.29, 1.82) is 0 Å². The van der Waals surface area contributed by atoms with Crippen molar-refractivity contribution in [3.05, 3.63) is 59.9 Å². The molecule has 4 nitrogen and oxygen atoms in total. The van der Waals surface area contributed by atoms with Crippen LogP contribution in [0.4, 0.5) is 5.69 Å². The Bertz CT molecular complexity index is 541. The van der Waals surface area contributed by atoms with Gasteiger partial charge in [0.15, 0.2) is 6.10 Å². The third-order valence-corrected chi connectivity index (χ3v) is 2.51. The first-order valence-corrected chi connectivity index (χ1v) is 5.62. The number of hydrogen-bond donors (Lipinski definition) is 2. The predicted molar refractivity (Wildman–Crippen MR) is 69.0 cm³/mol. The van der Waals surface area contributed by atoms with Crippen molar-refractivity contribution >= 4 is 11.6 Å². The summed E-state index contributed by atoms with van der Waals surface area (Å²) in [5.74, 6) is -0.464. The first-order chi connectivity index (χ1) is 8.66. The van der Waals surface area contributed by atoms with Gasteiger partial charge in [0.25, 0.3) is 5.91 Å². The number of nitrogens with zero attached hydrogens (tertiary/aromatic N) is 1. The van der Waals surface area contributed by atoms with Gasteiger partial charge in [0, 0.05) is 6.20 Å². The van der Waals surface area contributed by atoms with Crippen molar-refractivity contribution in [3.63, 3.8) is 0 Å². The number of nitrogens with one attached hydrogen (secondary N) is 1. The van der Waals surface area contributed by atoms with Crippen LogP contribution in [-0.2, 0) is 4.79 Å². The number of benzene rings is 1. The van der Waals surface area contributed by atoms with Crippen molar-refractivity contribution in [2.45, 2.75) is 13.0 Å². The number of carbonyl (C=O) groups excluding carboxylic acids is 1.